The Morgan fingerprint density at radius 3 is 1.85 bits per heavy atom. The minimum absolute atomic E-state index is 0.0949. The van der Waals surface area contributed by atoms with Gasteiger partial charge in [-0.3, -0.25) is 4.79 Å². The Bertz CT molecular complexity index is 1010. The molecule has 0 aliphatic heterocycles. The molecule has 0 bridgehead atoms. The van der Waals surface area contributed by atoms with Crippen molar-refractivity contribution in [1.29, 1.82) is 0 Å². The van der Waals surface area contributed by atoms with Gasteiger partial charge in [0, 0.05) is 20.0 Å². The van der Waals surface area contributed by atoms with Crippen molar-refractivity contribution in [3.63, 3.8) is 0 Å². The number of carbonyl (C=O) groups excluding carboxylic acids is 2. The Morgan fingerprint density at radius 1 is 0.788 bits per heavy atom. The molecule has 0 aromatic heterocycles. The van der Waals surface area contributed by atoms with Gasteiger partial charge in [0.25, 0.3) is 0 Å². The first-order chi connectivity index (χ1) is 16.1. The highest BCUT2D eigenvalue weighted by Crippen LogP contribution is 2.42. The second-order valence-electron chi connectivity index (χ2n) is 7.40. The average molecular weight is 449 g/mol. The van der Waals surface area contributed by atoms with Gasteiger partial charge in [-0.25, -0.2) is 0 Å². The summed E-state index contributed by atoms with van der Waals surface area (Å²) in [6, 6.07) is 22.9. The molecule has 3 aromatic rings. The lowest BCUT2D eigenvalue weighted by Gasteiger charge is -2.34. The monoisotopic (exact) mass is 448 g/mol. The molecule has 0 N–H and O–H groups in total. The molecule has 0 spiro atoms. The van der Waals surface area contributed by atoms with Crippen molar-refractivity contribution in [1.82, 2.24) is 0 Å². The molecular weight excluding hydrogens is 420 g/mol. The van der Waals surface area contributed by atoms with Crippen LogP contribution in [0.15, 0.2) is 72.8 Å². The zero-order valence-corrected chi connectivity index (χ0v) is 19.1. The molecule has 0 unspecified atom stereocenters. The summed E-state index contributed by atoms with van der Waals surface area (Å²) in [5, 5.41) is 0. The minimum atomic E-state index is -0.945. The number of ether oxygens (including phenoxy) is 4. The molecule has 0 saturated carbocycles. The third kappa shape index (κ3) is 5.41. The van der Waals surface area contributed by atoms with Gasteiger partial charge in [0.05, 0.1) is 14.2 Å². The molecule has 0 saturated heterocycles. The topological polar surface area (TPSA) is 71.1 Å². The molecule has 3 rings (SSSR count). The van der Waals surface area contributed by atoms with Crippen molar-refractivity contribution >= 4 is 12.1 Å². The summed E-state index contributed by atoms with van der Waals surface area (Å²) < 4.78 is 22.6. The molecule has 33 heavy (non-hydrogen) atoms. The highest BCUT2D eigenvalue weighted by Gasteiger charge is 2.37. The number of ketones is 1. The van der Waals surface area contributed by atoms with Gasteiger partial charge in [-0.15, -0.1) is 0 Å². The molecule has 0 fully saturated rings. The first-order valence-corrected chi connectivity index (χ1v) is 10.6. The fraction of sp³-hybridized carbons (Fsp3) is 0.259. The number of carbonyl (C=O) groups is 2. The summed E-state index contributed by atoms with van der Waals surface area (Å²) in [5.41, 5.74) is 1.68. The van der Waals surface area contributed by atoms with Crippen molar-refractivity contribution in [2.24, 2.45) is 0 Å². The third-order valence-corrected chi connectivity index (χ3v) is 5.48. The second kappa shape index (κ2) is 11.3. The Balaban J connectivity index is 2.05. The third-order valence-electron chi connectivity index (χ3n) is 5.48. The molecule has 0 aliphatic carbocycles. The number of hydrogen-bond acceptors (Lipinski definition) is 6. The second-order valence-corrected chi connectivity index (χ2v) is 7.40. The van der Waals surface area contributed by atoms with Gasteiger partial charge in [-0.2, -0.15) is 0 Å². The van der Waals surface area contributed by atoms with Crippen LogP contribution in [0, 0.1) is 0 Å². The van der Waals surface area contributed by atoms with Crippen LogP contribution in [0.2, 0.25) is 0 Å². The molecule has 172 valence electrons. The van der Waals surface area contributed by atoms with Crippen molar-refractivity contribution in [2.75, 3.05) is 27.9 Å². The van der Waals surface area contributed by atoms with Crippen molar-refractivity contribution in [3.8, 4) is 17.2 Å². The van der Waals surface area contributed by atoms with Gasteiger partial charge in [0.1, 0.15) is 35.7 Å². The van der Waals surface area contributed by atoms with Crippen molar-refractivity contribution < 1.29 is 28.5 Å². The van der Waals surface area contributed by atoms with Crippen molar-refractivity contribution in [3.05, 3.63) is 89.5 Å². The van der Waals surface area contributed by atoms with Crippen molar-refractivity contribution in [2.45, 2.75) is 18.4 Å². The van der Waals surface area contributed by atoms with Gasteiger partial charge < -0.3 is 23.7 Å². The summed E-state index contributed by atoms with van der Waals surface area (Å²) in [4.78, 5) is 22.4. The maximum absolute atomic E-state index is 11.9. The lowest BCUT2D eigenvalue weighted by atomic mass is 9.80. The van der Waals surface area contributed by atoms with E-state index in [4.69, 9.17) is 18.9 Å². The summed E-state index contributed by atoms with van der Waals surface area (Å²) >= 11 is 0. The summed E-state index contributed by atoms with van der Waals surface area (Å²) in [6.07, 6.45) is 1.10. The number of aldehydes is 1. The molecule has 6 nitrogen and oxygen atoms in total. The standard InChI is InChI=1S/C27H28O6/c1-30-24-13-9-20(10-14-24)27(32-3,21-11-15-25(31-2)16-12-21)22-6-4-8-26(18-22)33-19-23(29)7-5-17-28/h4,6,8-18H,5,7,19H2,1-3H3. The number of Topliss-reactive ketones (excluding diaryl/α,β-unsaturated/α-hetero) is 1. The first-order valence-electron chi connectivity index (χ1n) is 10.6. The van der Waals surface area contributed by atoms with E-state index < -0.39 is 5.60 Å². The minimum Gasteiger partial charge on any atom is -0.497 e. The van der Waals surface area contributed by atoms with E-state index >= 15 is 0 Å². The Morgan fingerprint density at radius 2 is 1.36 bits per heavy atom. The van der Waals surface area contributed by atoms with E-state index in [1.807, 2.05) is 66.7 Å². The van der Waals surface area contributed by atoms with Crippen LogP contribution in [0.25, 0.3) is 0 Å². The predicted molar refractivity (Wildman–Crippen MR) is 125 cm³/mol. The molecule has 0 heterocycles. The Kier molecular flexibility index (Phi) is 8.22. The number of methoxy groups -OCH3 is 3. The number of hydrogen-bond donors (Lipinski definition) is 0. The first kappa shape index (κ1) is 24.0. The average Bonchev–Trinajstić information content (AvgIpc) is 2.88. The van der Waals surface area contributed by atoms with Crippen LogP contribution in [0.5, 0.6) is 17.2 Å². The van der Waals surface area contributed by atoms with Crippen LogP contribution in [0.4, 0.5) is 0 Å². The summed E-state index contributed by atoms with van der Waals surface area (Å²) in [7, 11) is 4.91. The molecular formula is C27H28O6. The smallest absolute Gasteiger partial charge is 0.170 e. The number of rotatable bonds is 12. The zero-order chi connectivity index (χ0) is 23.7. The molecule has 0 amide bonds. The van der Waals surface area contributed by atoms with E-state index in [0.29, 0.717) is 5.75 Å². The number of benzene rings is 3. The van der Waals surface area contributed by atoms with E-state index in [-0.39, 0.29) is 25.2 Å². The largest absolute Gasteiger partial charge is 0.497 e. The Labute approximate surface area is 194 Å². The normalized spacial score (nSPS) is 11.0. The van der Waals surface area contributed by atoms with Crippen LogP contribution < -0.4 is 14.2 Å². The molecule has 0 atom stereocenters. The summed E-state index contributed by atoms with van der Waals surface area (Å²) in [5.74, 6) is 1.89. The van der Waals surface area contributed by atoms with E-state index in [1.54, 1.807) is 27.4 Å². The quantitative estimate of drug-likeness (QED) is 0.299. The highest BCUT2D eigenvalue weighted by molar-refractivity contribution is 5.81. The van der Waals surface area contributed by atoms with Crippen LogP contribution >= 0.6 is 0 Å². The van der Waals surface area contributed by atoms with Gasteiger partial charge in [0.2, 0.25) is 0 Å². The molecule has 0 radical (unpaired) electrons. The van der Waals surface area contributed by atoms with Crippen LogP contribution in [-0.2, 0) is 19.9 Å². The van der Waals surface area contributed by atoms with Gasteiger partial charge in [-0.1, -0.05) is 36.4 Å². The lowest BCUT2D eigenvalue weighted by Crippen LogP contribution is -2.31. The maximum atomic E-state index is 11.9. The highest BCUT2D eigenvalue weighted by atomic mass is 16.5. The van der Waals surface area contributed by atoms with Crippen LogP contribution in [0.1, 0.15) is 29.5 Å². The predicted octanol–water partition coefficient (Wildman–Crippen LogP) is 4.57. The molecule has 0 aliphatic rings. The van der Waals surface area contributed by atoms with Gasteiger partial charge in [-0.05, 0) is 53.1 Å². The van der Waals surface area contributed by atoms with Gasteiger partial charge in [0.15, 0.2) is 5.78 Å². The van der Waals surface area contributed by atoms with Gasteiger partial charge >= 0.3 is 0 Å². The van der Waals surface area contributed by atoms with Crippen LogP contribution in [-0.4, -0.2) is 40.0 Å². The molecule has 3 aromatic carbocycles. The summed E-state index contributed by atoms with van der Waals surface area (Å²) in [6.45, 7) is -0.0949. The van der Waals surface area contributed by atoms with E-state index in [2.05, 4.69) is 0 Å². The van der Waals surface area contributed by atoms with E-state index in [0.717, 1.165) is 34.5 Å². The van der Waals surface area contributed by atoms with E-state index in [9.17, 15) is 9.59 Å². The fourth-order valence-corrected chi connectivity index (χ4v) is 3.77. The Hall–Kier alpha value is -3.64. The SMILES string of the molecule is COc1ccc(C(OC)(c2ccc(OC)cc2)c2cccc(OCC(=O)CCC=O)c2)cc1. The van der Waals surface area contributed by atoms with Crippen LogP contribution in [0.3, 0.4) is 0 Å². The maximum Gasteiger partial charge on any atom is 0.170 e. The zero-order valence-electron chi connectivity index (χ0n) is 19.1. The van der Waals surface area contributed by atoms with E-state index in [1.165, 1.54) is 0 Å². The molecule has 6 heteroatoms. The fourth-order valence-electron chi connectivity index (χ4n) is 3.77. The lowest BCUT2D eigenvalue weighted by molar-refractivity contribution is -0.122.